The topological polar surface area (TPSA) is 83.1 Å². The molecule has 0 amide bonds. The maximum atomic E-state index is 13.1. The van der Waals surface area contributed by atoms with E-state index in [1.165, 1.54) is 23.9 Å². The summed E-state index contributed by atoms with van der Waals surface area (Å²) in [6.45, 7) is 3.56. The van der Waals surface area contributed by atoms with E-state index in [9.17, 15) is 14.5 Å². The first-order valence-corrected chi connectivity index (χ1v) is 12.5. The van der Waals surface area contributed by atoms with Crippen LogP contribution in [0.5, 0.6) is 5.75 Å². The SMILES string of the molecule is Cc1ccc(-n2c(C)nnc2S[C@@H](C[N+](=O)[O-])c2cc(Cl)c(OCc3ccc(F)cc3)c(Cl)c2)cc1. The van der Waals surface area contributed by atoms with E-state index < -0.39 is 10.2 Å². The van der Waals surface area contributed by atoms with Gasteiger partial charge in [0.05, 0.1) is 10.0 Å². The lowest BCUT2D eigenvalue weighted by atomic mass is 10.1. The lowest BCUT2D eigenvalue weighted by Crippen LogP contribution is -2.11. The second-order valence-corrected chi connectivity index (χ2v) is 10.0. The second-order valence-electron chi connectivity index (χ2n) is 8.05. The third-order valence-corrected chi connectivity index (χ3v) is 7.08. The van der Waals surface area contributed by atoms with Gasteiger partial charge in [-0.1, -0.05) is 64.8 Å². The molecule has 1 aromatic heterocycles. The number of benzene rings is 3. The zero-order valence-electron chi connectivity index (χ0n) is 19.3. The lowest BCUT2D eigenvalue weighted by molar-refractivity contribution is -0.479. The molecule has 0 radical (unpaired) electrons. The number of hydrogen-bond donors (Lipinski definition) is 0. The first-order chi connectivity index (χ1) is 17.2. The maximum absolute atomic E-state index is 13.1. The summed E-state index contributed by atoms with van der Waals surface area (Å²) in [6.07, 6.45) is 0. The number of nitrogens with zero attached hydrogens (tertiary/aromatic N) is 4. The fraction of sp³-hybridized carbons (Fsp3) is 0.200. The quantitative estimate of drug-likeness (QED) is 0.127. The van der Waals surface area contributed by atoms with Gasteiger partial charge in [-0.15, -0.1) is 10.2 Å². The Morgan fingerprint density at radius 2 is 1.69 bits per heavy atom. The van der Waals surface area contributed by atoms with Gasteiger partial charge in [0.25, 0.3) is 0 Å². The zero-order valence-corrected chi connectivity index (χ0v) is 21.6. The van der Waals surface area contributed by atoms with E-state index >= 15 is 0 Å². The van der Waals surface area contributed by atoms with Crippen LogP contribution < -0.4 is 4.74 Å². The molecule has 0 aliphatic rings. The van der Waals surface area contributed by atoms with E-state index in [2.05, 4.69) is 10.2 Å². The molecule has 4 aromatic rings. The number of aromatic nitrogens is 3. The highest BCUT2D eigenvalue weighted by molar-refractivity contribution is 7.99. The van der Waals surface area contributed by atoms with Gasteiger partial charge in [-0.3, -0.25) is 14.7 Å². The number of rotatable bonds is 9. The normalized spacial score (nSPS) is 11.9. The molecule has 1 atom stereocenters. The van der Waals surface area contributed by atoms with E-state index in [1.807, 2.05) is 42.7 Å². The molecule has 0 spiro atoms. The fourth-order valence-electron chi connectivity index (χ4n) is 3.52. The van der Waals surface area contributed by atoms with Gasteiger partial charge in [0.2, 0.25) is 6.54 Å². The highest BCUT2D eigenvalue weighted by Crippen LogP contribution is 2.42. The van der Waals surface area contributed by atoms with Crippen LogP contribution in [-0.4, -0.2) is 26.2 Å². The number of hydrogen-bond acceptors (Lipinski definition) is 6. The van der Waals surface area contributed by atoms with Crippen molar-refractivity contribution in [1.29, 1.82) is 0 Å². The van der Waals surface area contributed by atoms with Crippen molar-refractivity contribution in [2.45, 2.75) is 30.9 Å². The molecule has 0 N–H and O–H groups in total. The standard InChI is InChI=1S/C25H21Cl2FN4O3S/c1-15-3-9-20(10-4-15)32-16(2)29-30-25(32)36-23(13-31(33)34)18-11-21(26)24(22(27)12-18)35-14-17-5-7-19(28)8-6-17/h3-12,23H,13-14H2,1-2H3/t23-/m0/s1. The summed E-state index contributed by atoms with van der Waals surface area (Å²) < 4.78 is 20.8. The number of halogens is 3. The summed E-state index contributed by atoms with van der Waals surface area (Å²) in [6, 6.07) is 16.9. The molecular formula is C25H21Cl2FN4O3S. The molecule has 0 aliphatic carbocycles. The van der Waals surface area contributed by atoms with Crippen molar-refractivity contribution in [2.24, 2.45) is 0 Å². The Kier molecular flexibility index (Phi) is 8.13. The minimum Gasteiger partial charge on any atom is -0.486 e. The van der Waals surface area contributed by atoms with E-state index in [-0.39, 0.29) is 34.8 Å². The third-order valence-electron chi connectivity index (χ3n) is 5.34. The van der Waals surface area contributed by atoms with Crippen molar-refractivity contribution in [1.82, 2.24) is 14.8 Å². The van der Waals surface area contributed by atoms with Crippen molar-refractivity contribution >= 4 is 35.0 Å². The Balaban J connectivity index is 1.61. The molecule has 36 heavy (non-hydrogen) atoms. The van der Waals surface area contributed by atoms with Crippen molar-refractivity contribution in [2.75, 3.05) is 6.54 Å². The molecule has 0 fully saturated rings. The van der Waals surface area contributed by atoms with E-state index in [0.717, 1.165) is 16.8 Å². The molecule has 11 heteroatoms. The average molecular weight is 547 g/mol. The van der Waals surface area contributed by atoms with Crippen LogP contribution in [0.25, 0.3) is 5.69 Å². The van der Waals surface area contributed by atoms with Gasteiger partial charge in [-0.05, 0) is 61.4 Å². The maximum Gasteiger partial charge on any atom is 0.220 e. The van der Waals surface area contributed by atoms with Crippen molar-refractivity contribution in [3.8, 4) is 11.4 Å². The van der Waals surface area contributed by atoms with Gasteiger partial charge in [0, 0.05) is 10.6 Å². The van der Waals surface area contributed by atoms with Gasteiger partial charge in [0.1, 0.15) is 23.5 Å². The Morgan fingerprint density at radius 3 is 2.31 bits per heavy atom. The van der Waals surface area contributed by atoms with E-state index in [4.69, 9.17) is 27.9 Å². The third kappa shape index (κ3) is 6.16. The van der Waals surface area contributed by atoms with Crippen LogP contribution in [-0.2, 0) is 6.61 Å². The molecule has 0 aliphatic heterocycles. The van der Waals surface area contributed by atoms with Crippen LogP contribution in [0.2, 0.25) is 10.0 Å². The molecule has 186 valence electrons. The fourth-order valence-corrected chi connectivity index (χ4v) is 5.29. The summed E-state index contributed by atoms with van der Waals surface area (Å²) in [4.78, 5) is 11.1. The van der Waals surface area contributed by atoms with E-state index in [1.54, 1.807) is 24.3 Å². The Labute approximate surface area is 221 Å². The molecular weight excluding hydrogens is 526 g/mol. The van der Waals surface area contributed by atoms with Crippen LogP contribution in [0.15, 0.2) is 65.8 Å². The summed E-state index contributed by atoms with van der Waals surface area (Å²) >= 11 is 14.2. The summed E-state index contributed by atoms with van der Waals surface area (Å²) in [5.41, 5.74) is 3.25. The molecule has 0 unspecified atom stereocenters. The number of ether oxygens (including phenoxy) is 1. The predicted molar refractivity (Wildman–Crippen MR) is 138 cm³/mol. The van der Waals surface area contributed by atoms with Crippen molar-refractivity contribution in [3.63, 3.8) is 0 Å². The Hall–Kier alpha value is -3.14. The van der Waals surface area contributed by atoms with Gasteiger partial charge < -0.3 is 4.74 Å². The van der Waals surface area contributed by atoms with E-state index in [0.29, 0.717) is 16.5 Å². The van der Waals surface area contributed by atoms with Crippen molar-refractivity contribution in [3.05, 3.63) is 109 Å². The predicted octanol–water partition coefficient (Wildman–Crippen LogP) is 7.02. The molecule has 4 rings (SSSR count). The molecule has 0 bridgehead atoms. The van der Waals surface area contributed by atoms with Crippen LogP contribution in [0.1, 0.15) is 27.8 Å². The second kappa shape index (κ2) is 11.3. The van der Waals surface area contributed by atoms with Gasteiger partial charge >= 0.3 is 0 Å². The Bertz CT molecular complexity index is 1360. The Morgan fingerprint density at radius 1 is 1.06 bits per heavy atom. The highest BCUT2D eigenvalue weighted by atomic mass is 35.5. The first kappa shape index (κ1) is 25.9. The summed E-state index contributed by atoms with van der Waals surface area (Å²) in [5, 5.41) is 20.2. The number of nitro groups is 1. The van der Waals surface area contributed by atoms with Gasteiger partial charge in [-0.25, -0.2) is 4.39 Å². The molecule has 7 nitrogen and oxygen atoms in total. The number of aryl methyl sites for hydroxylation is 2. The lowest BCUT2D eigenvalue weighted by Gasteiger charge is -2.17. The van der Waals surface area contributed by atoms with Gasteiger partial charge in [0.15, 0.2) is 10.9 Å². The summed E-state index contributed by atoms with van der Waals surface area (Å²) in [7, 11) is 0. The smallest absolute Gasteiger partial charge is 0.220 e. The average Bonchev–Trinajstić information content (AvgIpc) is 3.19. The molecule has 0 saturated carbocycles. The number of thioether (sulfide) groups is 1. The highest BCUT2D eigenvalue weighted by Gasteiger charge is 2.26. The first-order valence-electron chi connectivity index (χ1n) is 10.8. The van der Waals surface area contributed by atoms with Gasteiger partial charge in [-0.2, -0.15) is 0 Å². The summed E-state index contributed by atoms with van der Waals surface area (Å²) in [5.74, 6) is 0.554. The zero-order chi connectivity index (χ0) is 25.8. The monoisotopic (exact) mass is 546 g/mol. The molecule has 1 heterocycles. The van der Waals surface area contributed by atoms with Crippen LogP contribution in [0, 0.1) is 29.8 Å². The van der Waals surface area contributed by atoms with Crippen molar-refractivity contribution < 1.29 is 14.1 Å². The molecule has 3 aromatic carbocycles. The van der Waals surface area contributed by atoms with Crippen LogP contribution in [0.4, 0.5) is 4.39 Å². The molecule has 0 saturated heterocycles. The minimum absolute atomic E-state index is 0.130. The minimum atomic E-state index is -0.644. The van der Waals surface area contributed by atoms with Crippen LogP contribution >= 0.6 is 35.0 Å². The largest absolute Gasteiger partial charge is 0.486 e. The van der Waals surface area contributed by atoms with Crippen LogP contribution in [0.3, 0.4) is 0 Å².